The standard InChI is InChI=1S/C13H23N3/c1-9-12-6-11-8-15(2)5-4-10(11)7-13(12)14-16(9)3/h9-12H,4-8H2,1-3H3/t9?,10-,11+,12?/m0/s1. The van der Waals surface area contributed by atoms with Crippen LogP contribution in [0.25, 0.3) is 0 Å². The zero-order valence-corrected chi connectivity index (χ0v) is 10.7. The van der Waals surface area contributed by atoms with Crippen molar-refractivity contribution in [3.8, 4) is 0 Å². The van der Waals surface area contributed by atoms with Crippen LogP contribution in [0.15, 0.2) is 5.10 Å². The second-order valence-corrected chi connectivity index (χ2v) is 6.02. The van der Waals surface area contributed by atoms with Gasteiger partial charge in [-0.3, -0.25) is 5.01 Å². The van der Waals surface area contributed by atoms with E-state index in [-0.39, 0.29) is 0 Å². The lowest BCUT2D eigenvalue weighted by Gasteiger charge is -2.42. The minimum atomic E-state index is 0.628. The quantitative estimate of drug-likeness (QED) is 0.619. The van der Waals surface area contributed by atoms with Crippen molar-refractivity contribution < 1.29 is 0 Å². The molecule has 1 aliphatic carbocycles. The minimum Gasteiger partial charge on any atom is -0.306 e. The number of rotatable bonds is 0. The van der Waals surface area contributed by atoms with Crippen LogP contribution in [0.2, 0.25) is 0 Å². The van der Waals surface area contributed by atoms with E-state index in [9.17, 15) is 0 Å². The molecule has 3 aliphatic rings. The van der Waals surface area contributed by atoms with Gasteiger partial charge in [-0.2, -0.15) is 5.10 Å². The van der Waals surface area contributed by atoms with Crippen molar-refractivity contribution in [3.63, 3.8) is 0 Å². The Bertz CT molecular complexity index is 312. The van der Waals surface area contributed by atoms with Crippen LogP contribution < -0.4 is 0 Å². The topological polar surface area (TPSA) is 18.8 Å². The first-order valence-corrected chi connectivity index (χ1v) is 6.64. The van der Waals surface area contributed by atoms with Crippen molar-refractivity contribution in [2.24, 2.45) is 22.9 Å². The van der Waals surface area contributed by atoms with E-state index in [0.717, 1.165) is 17.8 Å². The Hall–Kier alpha value is -0.570. The summed E-state index contributed by atoms with van der Waals surface area (Å²) in [6, 6.07) is 0.628. The zero-order valence-electron chi connectivity index (χ0n) is 10.7. The van der Waals surface area contributed by atoms with E-state index in [0.29, 0.717) is 6.04 Å². The highest BCUT2D eigenvalue weighted by molar-refractivity contribution is 5.89. The van der Waals surface area contributed by atoms with Crippen molar-refractivity contribution in [1.82, 2.24) is 9.91 Å². The first kappa shape index (κ1) is 10.6. The number of hydrogen-bond donors (Lipinski definition) is 0. The van der Waals surface area contributed by atoms with Crippen molar-refractivity contribution in [1.29, 1.82) is 0 Å². The molecule has 4 atom stereocenters. The fourth-order valence-electron chi connectivity index (χ4n) is 3.82. The molecule has 16 heavy (non-hydrogen) atoms. The van der Waals surface area contributed by atoms with Crippen LogP contribution >= 0.6 is 0 Å². The van der Waals surface area contributed by atoms with E-state index in [2.05, 4.69) is 30.9 Å². The smallest absolute Gasteiger partial charge is 0.0520 e. The summed E-state index contributed by atoms with van der Waals surface area (Å²) < 4.78 is 0. The lowest BCUT2D eigenvalue weighted by molar-refractivity contribution is 0.111. The van der Waals surface area contributed by atoms with E-state index in [1.165, 1.54) is 38.1 Å². The average molecular weight is 221 g/mol. The number of fused-ring (bicyclic) bond motifs is 2. The van der Waals surface area contributed by atoms with Crippen molar-refractivity contribution >= 4 is 5.71 Å². The predicted octanol–water partition coefficient (Wildman–Crippen LogP) is 1.65. The normalized spacial score (nSPS) is 43.9. The van der Waals surface area contributed by atoms with Crippen LogP contribution in [0.1, 0.15) is 26.2 Å². The van der Waals surface area contributed by atoms with Crippen LogP contribution in [-0.4, -0.2) is 48.8 Å². The maximum Gasteiger partial charge on any atom is 0.0520 e. The van der Waals surface area contributed by atoms with Crippen molar-refractivity contribution in [2.45, 2.75) is 32.2 Å². The second-order valence-electron chi connectivity index (χ2n) is 6.02. The molecule has 1 saturated heterocycles. The molecule has 0 bridgehead atoms. The van der Waals surface area contributed by atoms with Crippen LogP contribution in [0.4, 0.5) is 0 Å². The molecule has 0 aromatic rings. The van der Waals surface area contributed by atoms with Gasteiger partial charge in [-0.05, 0) is 51.6 Å². The minimum absolute atomic E-state index is 0.628. The van der Waals surface area contributed by atoms with Gasteiger partial charge in [0.25, 0.3) is 0 Å². The largest absolute Gasteiger partial charge is 0.306 e. The SMILES string of the molecule is CC1C2C[C@@H]3CN(C)CC[C@H]3CC2=NN1C. The van der Waals surface area contributed by atoms with Gasteiger partial charge in [-0.15, -0.1) is 0 Å². The third kappa shape index (κ3) is 1.56. The predicted molar refractivity (Wildman–Crippen MR) is 66.5 cm³/mol. The van der Waals surface area contributed by atoms with Gasteiger partial charge in [0.2, 0.25) is 0 Å². The Morgan fingerprint density at radius 3 is 2.88 bits per heavy atom. The zero-order chi connectivity index (χ0) is 11.3. The molecular formula is C13H23N3. The lowest BCUT2D eigenvalue weighted by atomic mass is 9.68. The molecular weight excluding hydrogens is 198 g/mol. The maximum atomic E-state index is 4.74. The van der Waals surface area contributed by atoms with Gasteiger partial charge in [0.05, 0.1) is 6.04 Å². The molecule has 3 nitrogen and oxygen atoms in total. The van der Waals surface area contributed by atoms with Gasteiger partial charge < -0.3 is 4.90 Å². The Morgan fingerprint density at radius 2 is 2.06 bits per heavy atom. The Labute approximate surface area is 98.5 Å². The molecule has 0 aromatic heterocycles. The fraction of sp³-hybridized carbons (Fsp3) is 0.923. The van der Waals surface area contributed by atoms with E-state index in [1.807, 2.05) is 0 Å². The summed E-state index contributed by atoms with van der Waals surface area (Å²) >= 11 is 0. The number of nitrogens with zero attached hydrogens (tertiary/aromatic N) is 3. The molecule has 3 rings (SSSR count). The molecule has 2 fully saturated rings. The van der Waals surface area contributed by atoms with Crippen LogP contribution in [-0.2, 0) is 0 Å². The molecule has 0 N–H and O–H groups in total. The molecule has 0 amide bonds. The van der Waals surface area contributed by atoms with Crippen LogP contribution in [0.5, 0.6) is 0 Å². The highest BCUT2D eigenvalue weighted by atomic mass is 15.5. The lowest BCUT2D eigenvalue weighted by Crippen LogP contribution is -2.45. The highest BCUT2D eigenvalue weighted by Crippen LogP contribution is 2.41. The summed E-state index contributed by atoms with van der Waals surface area (Å²) in [5.74, 6) is 2.60. The van der Waals surface area contributed by atoms with Gasteiger partial charge in [0.1, 0.15) is 0 Å². The Morgan fingerprint density at radius 1 is 1.25 bits per heavy atom. The first-order chi connectivity index (χ1) is 7.65. The molecule has 90 valence electrons. The number of hydrazone groups is 1. The average Bonchev–Trinajstić information content (AvgIpc) is 2.52. The first-order valence-electron chi connectivity index (χ1n) is 6.64. The molecule has 3 heteroatoms. The number of hydrogen-bond acceptors (Lipinski definition) is 3. The van der Waals surface area contributed by atoms with Crippen molar-refractivity contribution in [3.05, 3.63) is 0 Å². The van der Waals surface area contributed by atoms with Gasteiger partial charge in [0.15, 0.2) is 0 Å². The summed E-state index contributed by atoms with van der Waals surface area (Å²) in [7, 11) is 4.40. The van der Waals surface area contributed by atoms with Gasteiger partial charge in [-0.1, -0.05) is 0 Å². The summed E-state index contributed by atoms with van der Waals surface area (Å²) in [6.07, 6.45) is 4.03. The fourth-order valence-corrected chi connectivity index (χ4v) is 3.82. The molecule has 0 spiro atoms. The van der Waals surface area contributed by atoms with Crippen LogP contribution in [0.3, 0.4) is 0 Å². The Kier molecular flexibility index (Phi) is 2.46. The van der Waals surface area contributed by atoms with E-state index in [1.54, 1.807) is 0 Å². The summed E-state index contributed by atoms with van der Waals surface area (Å²) in [6.45, 7) is 4.92. The molecule has 0 radical (unpaired) electrons. The monoisotopic (exact) mass is 221 g/mol. The third-order valence-corrected chi connectivity index (χ3v) is 5.01. The summed E-state index contributed by atoms with van der Waals surface area (Å²) in [5.41, 5.74) is 1.50. The second kappa shape index (κ2) is 3.73. The van der Waals surface area contributed by atoms with Crippen molar-refractivity contribution in [2.75, 3.05) is 27.2 Å². The number of likely N-dealkylation sites (tertiary alicyclic amines) is 1. The molecule has 2 aliphatic heterocycles. The molecule has 0 aromatic carbocycles. The Balaban J connectivity index is 1.77. The van der Waals surface area contributed by atoms with E-state index in [4.69, 9.17) is 5.10 Å². The van der Waals surface area contributed by atoms with Gasteiger partial charge in [0, 0.05) is 25.2 Å². The number of piperidine rings is 1. The molecule has 2 unspecified atom stereocenters. The highest BCUT2D eigenvalue weighted by Gasteiger charge is 2.42. The summed E-state index contributed by atoms with van der Waals surface area (Å²) in [5, 5.41) is 6.92. The maximum absolute atomic E-state index is 4.74. The molecule has 1 saturated carbocycles. The third-order valence-electron chi connectivity index (χ3n) is 5.01. The van der Waals surface area contributed by atoms with Gasteiger partial charge >= 0.3 is 0 Å². The summed E-state index contributed by atoms with van der Waals surface area (Å²) in [4.78, 5) is 2.51. The van der Waals surface area contributed by atoms with Crippen LogP contribution in [0, 0.1) is 17.8 Å². The molecule has 2 heterocycles. The van der Waals surface area contributed by atoms with E-state index >= 15 is 0 Å². The van der Waals surface area contributed by atoms with E-state index < -0.39 is 0 Å². The van der Waals surface area contributed by atoms with Gasteiger partial charge in [-0.25, -0.2) is 0 Å².